The zero-order valence-corrected chi connectivity index (χ0v) is 14.1. The molecule has 1 fully saturated rings. The van der Waals surface area contributed by atoms with Crippen molar-refractivity contribution in [3.63, 3.8) is 0 Å². The van der Waals surface area contributed by atoms with Crippen molar-refractivity contribution >= 4 is 15.9 Å². The van der Waals surface area contributed by atoms with Crippen LogP contribution in [0, 0.1) is 25.7 Å². The summed E-state index contributed by atoms with van der Waals surface area (Å²) in [5, 5.41) is 0. The summed E-state index contributed by atoms with van der Waals surface area (Å²) in [6.07, 6.45) is -1.21. The van der Waals surface area contributed by atoms with Gasteiger partial charge < -0.3 is 0 Å². The lowest BCUT2D eigenvalue weighted by atomic mass is 9.79. The van der Waals surface area contributed by atoms with E-state index in [9.17, 15) is 13.2 Å². The number of aryl methyl sites for hydroxylation is 2. The highest BCUT2D eigenvalue weighted by molar-refractivity contribution is 9.09. The lowest BCUT2D eigenvalue weighted by molar-refractivity contribution is -0.183. The Morgan fingerprint density at radius 3 is 2.33 bits per heavy atom. The van der Waals surface area contributed by atoms with E-state index in [1.165, 1.54) is 16.7 Å². The second-order valence-electron chi connectivity index (χ2n) is 6.30. The summed E-state index contributed by atoms with van der Waals surface area (Å²) in [6.45, 7) is 4.16. The Hall–Kier alpha value is -0.510. The highest BCUT2D eigenvalue weighted by atomic mass is 79.9. The molecule has 0 radical (unpaired) electrons. The van der Waals surface area contributed by atoms with Crippen LogP contribution in [0.1, 0.15) is 42.4 Å². The molecule has 0 aromatic heterocycles. The van der Waals surface area contributed by atoms with Crippen LogP contribution in [0.15, 0.2) is 18.2 Å². The summed E-state index contributed by atoms with van der Waals surface area (Å²) < 4.78 is 38.1. The number of hydrogen-bond acceptors (Lipinski definition) is 0. The van der Waals surface area contributed by atoms with Gasteiger partial charge in [0, 0.05) is 4.83 Å². The quantitative estimate of drug-likeness (QED) is 0.580. The summed E-state index contributed by atoms with van der Waals surface area (Å²) in [5.41, 5.74) is 3.79. The molecule has 0 spiro atoms. The van der Waals surface area contributed by atoms with E-state index in [4.69, 9.17) is 0 Å². The summed E-state index contributed by atoms with van der Waals surface area (Å²) >= 11 is 3.72. The molecule has 1 atom stereocenters. The van der Waals surface area contributed by atoms with Crippen LogP contribution in [0.5, 0.6) is 0 Å². The van der Waals surface area contributed by atoms with Gasteiger partial charge in [-0.3, -0.25) is 0 Å². The maximum absolute atomic E-state index is 12.7. The molecule has 0 saturated heterocycles. The largest absolute Gasteiger partial charge is 0.391 e. The monoisotopic (exact) mass is 362 g/mol. The molecule has 1 aliphatic rings. The molecule has 1 saturated carbocycles. The molecule has 0 aliphatic heterocycles. The highest BCUT2D eigenvalue weighted by Crippen LogP contribution is 2.42. The van der Waals surface area contributed by atoms with Crippen LogP contribution >= 0.6 is 15.9 Å². The Labute approximate surface area is 133 Å². The predicted molar refractivity (Wildman–Crippen MR) is 83.8 cm³/mol. The summed E-state index contributed by atoms with van der Waals surface area (Å²) in [5.74, 6) is -0.738. The summed E-state index contributed by atoms with van der Waals surface area (Å²) in [7, 11) is 0. The summed E-state index contributed by atoms with van der Waals surface area (Å²) in [4.78, 5) is 0.271. The third-order valence-electron chi connectivity index (χ3n) is 4.67. The molecule has 2 rings (SSSR count). The van der Waals surface area contributed by atoms with E-state index in [0.717, 1.165) is 6.42 Å². The van der Waals surface area contributed by atoms with Gasteiger partial charge in [-0.05, 0) is 63.0 Å². The minimum absolute atomic E-state index is 0.271. The standard InChI is InChI=1S/C17H22BrF3/c1-11-3-4-12(2)14(9-11)10-16(18)13-5-7-15(8-6-13)17(19,20)21/h3-4,9,13,15-16H,5-8,10H2,1-2H3. The fraction of sp³-hybridized carbons (Fsp3) is 0.647. The molecule has 0 amide bonds. The van der Waals surface area contributed by atoms with Crippen LogP contribution in [0.3, 0.4) is 0 Å². The van der Waals surface area contributed by atoms with Crippen LogP contribution in [0.25, 0.3) is 0 Å². The van der Waals surface area contributed by atoms with E-state index in [2.05, 4.69) is 48.0 Å². The van der Waals surface area contributed by atoms with E-state index >= 15 is 0 Å². The van der Waals surface area contributed by atoms with Crippen LogP contribution in [-0.4, -0.2) is 11.0 Å². The minimum Gasteiger partial charge on any atom is -0.171 e. The topological polar surface area (TPSA) is 0 Å². The molecule has 0 heterocycles. The molecule has 1 aromatic carbocycles. The lowest BCUT2D eigenvalue weighted by Crippen LogP contribution is -2.31. The molecular formula is C17H22BrF3. The van der Waals surface area contributed by atoms with Gasteiger partial charge in [0.15, 0.2) is 0 Å². The van der Waals surface area contributed by atoms with Crippen LogP contribution in [0.2, 0.25) is 0 Å². The molecule has 0 bridgehead atoms. The van der Waals surface area contributed by atoms with Crippen molar-refractivity contribution in [1.82, 2.24) is 0 Å². The SMILES string of the molecule is Cc1ccc(C)c(CC(Br)C2CCC(C(F)(F)F)CC2)c1. The Morgan fingerprint density at radius 1 is 1.14 bits per heavy atom. The molecule has 118 valence electrons. The van der Waals surface area contributed by atoms with Crippen molar-refractivity contribution in [1.29, 1.82) is 0 Å². The number of alkyl halides is 4. The first-order chi connectivity index (χ1) is 9.77. The van der Waals surface area contributed by atoms with Crippen molar-refractivity contribution < 1.29 is 13.2 Å². The van der Waals surface area contributed by atoms with E-state index in [1.54, 1.807) is 0 Å². The Morgan fingerprint density at radius 2 is 1.76 bits per heavy atom. The minimum atomic E-state index is -4.01. The van der Waals surface area contributed by atoms with Gasteiger partial charge in [0.05, 0.1) is 5.92 Å². The van der Waals surface area contributed by atoms with Gasteiger partial charge in [0.25, 0.3) is 0 Å². The fourth-order valence-electron chi connectivity index (χ4n) is 3.21. The van der Waals surface area contributed by atoms with Crippen LogP contribution < -0.4 is 0 Å². The van der Waals surface area contributed by atoms with Gasteiger partial charge in [-0.25, -0.2) is 0 Å². The second kappa shape index (κ2) is 6.72. The van der Waals surface area contributed by atoms with Crippen molar-refractivity contribution in [2.75, 3.05) is 0 Å². The van der Waals surface area contributed by atoms with E-state index in [1.807, 2.05) is 0 Å². The van der Waals surface area contributed by atoms with E-state index in [0.29, 0.717) is 18.8 Å². The van der Waals surface area contributed by atoms with Gasteiger partial charge in [0.1, 0.15) is 0 Å². The van der Waals surface area contributed by atoms with Crippen LogP contribution in [-0.2, 0) is 6.42 Å². The Bertz CT molecular complexity index is 473. The van der Waals surface area contributed by atoms with Crippen molar-refractivity contribution in [3.8, 4) is 0 Å². The first-order valence-corrected chi connectivity index (χ1v) is 8.46. The molecular weight excluding hydrogens is 341 g/mol. The zero-order valence-electron chi connectivity index (χ0n) is 12.5. The van der Waals surface area contributed by atoms with Gasteiger partial charge >= 0.3 is 6.18 Å². The first kappa shape index (κ1) is 16.9. The Balaban J connectivity index is 1.93. The van der Waals surface area contributed by atoms with E-state index in [-0.39, 0.29) is 17.7 Å². The van der Waals surface area contributed by atoms with Gasteiger partial charge in [-0.15, -0.1) is 0 Å². The number of hydrogen-bond donors (Lipinski definition) is 0. The smallest absolute Gasteiger partial charge is 0.171 e. The van der Waals surface area contributed by atoms with Crippen molar-refractivity contribution in [3.05, 3.63) is 34.9 Å². The first-order valence-electron chi connectivity index (χ1n) is 7.54. The molecule has 1 aromatic rings. The molecule has 0 N–H and O–H groups in total. The second-order valence-corrected chi connectivity index (χ2v) is 7.48. The molecule has 1 aliphatic carbocycles. The van der Waals surface area contributed by atoms with Gasteiger partial charge in [-0.2, -0.15) is 13.2 Å². The average Bonchev–Trinajstić information content (AvgIpc) is 2.42. The maximum atomic E-state index is 12.7. The predicted octanol–water partition coefficient (Wildman–Crippen LogP) is 5.98. The molecule has 1 unspecified atom stereocenters. The third kappa shape index (κ3) is 4.48. The number of rotatable bonds is 3. The maximum Gasteiger partial charge on any atom is 0.391 e. The highest BCUT2D eigenvalue weighted by Gasteiger charge is 2.42. The average molecular weight is 363 g/mol. The Kier molecular flexibility index (Phi) is 5.39. The lowest BCUT2D eigenvalue weighted by Gasteiger charge is -2.32. The van der Waals surface area contributed by atoms with Gasteiger partial charge in [-0.1, -0.05) is 39.7 Å². The number of benzene rings is 1. The zero-order chi connectivity index (χ0) is 15.6. The van der Waals surface area contributed by atoms with Gasteiger partial charge in [0.2, 0.25) is 0 Å². The third-order valence-corrected chi connectivity index (χ3v) is 5.74. The number of halogens is 4. The molecule has 4 heteroatoms. The summed E-state index contributed by atoms with van der Waals surface area (Å²) in [6, 6.07) is 6.40. The van der Waals surface area contributed by atoms with Crippen LogP contribution in [0.4, 0.5) is 13.2 Å². The molecule has 21 heavy (non-hydrogen) atoms. The van der Waals surface area contributed by atoms with Crippen molar-refractivity contribution in [2.24, 2.45) is 11.8 Å². The fourth-order valence-corrected chi connectivity index (χ4v) is 4.08. The molecule has 0 nitrogen and oxygen atoms in total. The van der Waals surface area contributed by atoms with Crippen molar-refractivity contribution in [2.45, 2.75) is 57.0 Å². The normalized spacial score (nSPS) is 24.9. The van der Waals surface area contributed by atoms with E-state index < -0.39 is 12.1 Å².